The Bertz CT molecular complexity index is 1450. The van der Waals surface area contributed by atoms with Crippen molar-refractivity contribution in [2.75, 3.05) is 19.7 Å². The highest BCUT2D eigenvalue weighted by molar-refractivity contribution is 7.89. The van der Waals surface area contributed by atoms with Gasteiger partial charge < -0.3 is 20.4 Å². The maximum atomic E-state index is 13.8. The molecule has 238 valence electrons. The Morgan fingerprint density at radius 3 is 2.30 bits per heavy atom. The van der Waals surface area contributed by atoms with Crippen LogP contribution in [-0.2, 0) is 36.7 Å². The van der Waals surface area contributed by atoms with Crippen LogP contribution in [0.1, 0.15) is 80.0 Å². The lowest BCUT2D eigenvalue weighted by atomic mass is 9.81. The van der Waals surface area contributed by atoms with Gasteiger partial charge in [0.15, 0.2) is 0 Å². The molecule has 0 amide bonds. The van der Waals surface area contributed by atoms with Crippen LogP contribution in [0.15, 0.2) is 52.5 Å². The van der Waals surface area contributed by atoms with Crippen molar-refractivity contribution in [1.29, 1.82) is 0 Å². The third-order valence-electron chi connectivity index (χ3n) is 8.05. The van der Waals surface area contributed by atoms with Crippen molar-refractivity contribution in [3.63, 3.8) is 0 Å². The smallest absolute Gasteiger partial charge is 0.391 e. The lowest BCUT2D eigenvalue weighted by Gasteiger charge is -2.38. The quantitative estimate of drug-likeness (QED) is 0.179. The molecule has 1 heterocycles. The molecule has 1 saturated heterocycles. The van der Waals surface area contributed by atoms with E-state index in [2.05, 4.69) is 9.68 Å². The molecule has 0 atom stereocenters. The summed E-state index contributed by atoms with van der Waals surface area (Å²) >= 11 is 0. The first kappa shape index (κ1) is 33.6. The van der Waals surface area contributed by atoms with Crippen molar-refractivity contribution in [1.82, 2.24) is 4.31 Å². The second kappa shape index (κ2) is 13.4. The number of nitrogens with zero attached hydrogens (tertiary/aromatic N) is 2. The Balaban J connectivity index is 1.36. The van der Waals surface area contributed by atoms with Gasteiger partial charge in [0.1, 0.15) is 6.61 Å². The number of phosphoric ester groups is 1. The number of rotatable bonds is 10. The van der Waals surface area contributed by atoms with Gasteiger partial charge in [-0.3, -0.25) is 4.52 Å². The van der Waals surface area contributed by atoms with Crippen molar-refractivity contribution < 1.29 is 45.3 Å². The summed E-state index contributed by atoms with van der Waals surface area (Å²) in [5.41, 5.74) is 6.12. The zero-order valence-electron chi connectivity index (χ0n) is 23.8. The molecule has 0 aromatic heterocycles. The van der Waals surface area contributed by atoms with Crippen molar-refractivity contribution in [3.8, 4) is 0 Å². The molecule has 2 aliphatic rings. The van der Waals surface area contributed by atoms with Gasteiger partial charge in [0, 0.05) is 18.6 Å². The number of benzene rings is 2. The van der Waals surface area contributed by atoms with Gasteiger partial charge in [-0.2, -0.15) is 17.5 Å². The van der Waals surface area contributed by atoms with E-state index in [1.54, 1.807) is 31.2 Å². The topological polar surface area (TPSA) is 152 Å². The van der Waals surface area contributed by atoms with Crippen LogP contribution in [0.25, 0.3) is 0 Å². The number of piperidine rings is 1. The van der Waals surface area contributed by atoms with Crippen LogP contribution in [0.4, 0.5) is 13.2 Å². The SMILES string of the molecule is C/C(=N\OCc1ccc(C2CCCCC2)c(C(F)(F)F)c1)c1ccc(S(=O)(=O)N2CCC(N)(COP(=O)(O)O)CC2)cc1. The van der Waals surface area contributed by atoms with E-state index in [0.717, 1.165) is 38.2 Å². The predicted molar refractivity (Wildman–Crippen MR) is 154 cm³/mol. The van der Waals surface area contributed by atoms with Crippen molar-refractivity contribution in [3.05, 3.63) is 64.7 Å². The van der Waals surface area contributed by atoms with Gasteiger partial charge in [0.2, 0.25) is 10.0 Å². The fourth-order valence-corrected chi connectivity index (χ4v) is 7.38. The third-order valence-corrected chi connectivity index (χ3v) is 10.4. The van der Waals surface area contributed by atoms with E-state index < -0.39 is 41.7 Å². The van der Waals surface area contributed by atoms with Gasteiger partial charge in [-0.1, -0.05) is 48.7 Å². The number of sulfonamides is 1. The predicted octanol–water partition coefficient (Wildman–Crippen LogP) is 5.29. The van der Waals surface area contributed by atoms with Gasteiger partial charge in [-0.25, -0.2) is 13.0 Å². The minimum atomic E-state index is -4.69. The van der Waals surface area contributed by atoms with E-state index in [1.165, 1.54) is 16.4 Å². The number of phosphoric acid groups is 1. The van der Waals surface area contributed by atoms with E-state index in [1.807, 2.05) is 0 Å². The van der Waals surface area contributed by atoms with Crippen molar-refractivity contribution in [2.45, 2.75) is 81.0 Å². The molecule has 1 aliphatic heterocycles. The van der Waals surface area contributed by atoms with E-state index >= 15 is 0 Å². The number of hydrogen-bond donors (Lipinski definition) is 3. The first-order valence-corrected chi connectivity index (χ1v) is 17.0. The highest BCUT2D eigenvalue weighted by Crippen LogP contribution is 2.41. The Labute approximate surface area is 249 Å². The second-order valence-corrected chi connectivity index (χ2v) is 14.4. The molecule has 4 N–H and O–H groups in total. The molecular weight excluding hydrogens is 610 g/mol. The Morgan fingerprint density at radius 1 is 1.09 bits per heavy atom. The van der Waals surface area contributed by atoms with Crippen LogP contribution in [0, 0.1) is 0 Å². The summed E-state index contributed by atoms with van der Waals surface area (Å²) in [6.45, 7) is 1.20. The van der Waals surface area contributed by atoms with Crippen LogP contribution in [0.3, 0.4) is 0 Å². The second-order valence-electron chi connectivity index (χ2n) is 11.3. The largest absolute Gasteiger partial charge is 0.469 e. The molecule has 2 aromatic carbocycles. The summed E-state index contributed by atoms with van der Waals surface area (Å²) in [7, 11) is -8.55. The van der Waals surface area contributed by atoms with Crippen LogP contribution in [0.5, 0.6) is 0 Å². The molecule has 0 unspecified atom stereocenters. The molecule has 2 fully saturated rings. The highest BCUT2D eigenvalue weighted by atomic mass is 32.2. The van der Waals surface area contributed by atoms with E-state index in [-0.39, 0.29) is 43.4 Å². The number of alkyl halides is 3. The first-order chi connectivity index (χ1) is 20.1. The maximum absolute atomic E-state index is 13.8. The molecule has 0 spiro atoms. The van der Waals surface area contributed by atoms with Crippen LogP contribution in [-0.4, -0.2) is 53.5 Å². The van der Waals surface area contributed by atoms with Crippen molar-refractivity contribution >= 4 is 23.6 Å². The summed E-state index contributed by atoms with van der Waals surface area (Å²) in [6, 6.07) is 10.3. The summed E-state index contributed by atoms with van der Waals surface area (Å²) in [5.74, 6) is -0.0911. The minimum absolute atomic E-state index is 0.0405. The maximum Gasteiger partial charge on any atom is 0.469 e. The number of oxime groups is 1. The average Bonchev–Trinajstić information content (AvgIpc) is 2.96. The van der Waals surface area contributed by atoms with Crippen LogP contribution >= 0.6 is 7.82 Å². The Morgan fingerprint density at radius 2 is 1.72 bits per heavy atom. The van der Waals surface area contributed by atoms with Crippen LogP contribution in [0.2, 0.25) is 0 Å². The normalized spacial score (nSPS) is 19.4. The lowest BCUT2D eigenvalue weighted by molar-refractivity contribution is -0.138. The molecule has 15 heteroatoms. The molecule has 4 rings (SSSR count). The van der Waals surface area contributed by atoms with E-state index in [4.69, 9.17) is 20.4 Å². The van der Waals surface area contributed by atoms with Gasteiger partial charge in [0.05, 0.1) is 22.8 Å². The zero-order valence-corrected chi connectivity index (χ0v) is 25.5. The number of nitrogens with two attached hydrogens (primary N) is 1. The molecule has 43 heavy (non-hydrogen) atoms. The van der Waals surface area contributed by atoms with Gasteiger partial charge in [0.25, 0.3) is 0 Å². The number of hydrogen-bond acceptors (Lipinski definition) is 7. The summed E-state index contributed by atoms with van der Waals surface area (Å²) in [6.07, 6.45) is 0.267. The summed E-state index contributed by atoms with van der Waals surface area (Å²) in [5, 5.41) is 4.02. The Hall–Kier alpha value is -2.32. The fourth-order valence-electron chi connectivity index (χ4n) is 5.51. The Kier molecular flexibility index (Phi) is 10.4. The molecule has 10 nitrogen and oxygen atoms in total. The molecule has 0 bridgehead atoms. The van der Waals surface area contributed by atoms with Gasteiger partial charge in [-0.15, -0.1) is 0 Å². The zero-order chi connectivity index (χ0) is 31.5. The van der Waals surface area contributed by atoms with Crippen LogP contribution < -0.4 is 5.73 Å². The highest BCUT2D eigenvalue weighted by Gasteiger charge is 2.38. The minimum Gasteiger partial charge on any atom is -0.391 e. The first-order valence-electron chi connectivity index (χ1n) is 14.0. The summed E-state index contributed by atoms with van der Waals surface area (Å²) < 4.78 is 84.6. The molecule has 1 saturated carbocycles. The van der Waals surface area contributed by atoms with E-state index in [9.17, 15) is 26.2 Å². The average molecular weight is 648 g/mol. The van der Waals surface area contributed by atoms with Gasteiger partial charge >= 0.3 is 14.0 Å². The number of halogens is 3. The monoisotopic (exact) mass is 647 g/mol. The summed E-state index contributed by atoms with van der Waals surface area (Å²) in [4.78, 5) is 23.2. The molecule has 0 radical (unpaired) electrons. The standard InChI is InChI=1S/C28H37F3N3O7PS/c1-20(33-40-18-21-7-12-25(23-5-3-2-4-6-23)26(17-21)28(29,30)31)22-8-10-24(11-9-22)43(38,39)34-15-13-27(32,14-16-34)19-41-42(35,36)37/h7-12,17,23H,2-6,13-16,18-19,32H2,1H3,(H2,35,36,37)/b33-20+. The molecule has 1 aliphatic carbocycles. The third kappa shape index (κ3) is 8.87. The van der Waals surface area contributed by atoms with E-state index in [0.29, 0.717) is 22.4 Å². The lowest BCUT2D eigenvalue weighted by Crippen LogP contribution is -2.54. The van der Waals surface area contributed by atoms with Crippen molar-refractivity contribution in [2.24, 2.45) is 10.9 Å². The fraction of sp³-hybridized carbons (Fsp3) is 0.536. The molecular formula is C28H37F3N3O7PS. The van der Waals surface area contributed by atoms with Gasteiger partial charge in [-0.05, 0) is 73.4 Å². The molecule has 2 aromatic rings.